The Morgan fingerprint density at radius 2 is 1.89 bits per heavy atom. The number of nitrogens with zero attached hydrogens (tertiary/aromatic N) is 1. The van der Waals surface area contributed by atoms with Gasteiger partial charge in [-0.2, -0.15) is 0 Å². The van der Waals surface area contributed by atoms with E-state index in [1.165, 1.54) is 17.0 Å². The zero-order valence-corrected chi connectivity index (χ0v) is 15.6. The highest BCUT2D eigenvalue weighted by atomic mass is 32.2. The van der Waals surface area contributed by atoms with Gasteiger partial charge in [-0.25, -0.2) is 0 Å². The summed E-state index contributed by atoms with van der Waals surface area (Å²) in [7, 11) is 0. The Bertz CT molecular complexity index is 871. The predicted octanol–water partition coefficient (Wildman–Crippen LogP) is 4.44. The van der Waals surface area contributed by atoms with Crippen LogP contribution in [0.3, 0.4) is 0 Å². The Morgan fingerprint density at radius 1 is 1.21 bits per heavy atom. The second-order valence-corrected chi connectivity index (χ2v) is 7.68. The summed E-state index contributed by atoms with van der Waals surface area (Å²) in [6.07, 6.45) is -4.48. The van der Waals surface area contributed by atoms with Crippen molar-refractivity contribution in [3.8, 4) is 5.75 Å². The zero-order valence-electron chi connectivity index (χ0n) is 14.8. The van der Waals surface area contributed by atoms with Gasteiger partial charge in [0.2, 0.25) is 11.8 Å². The molecule has 0 aromatic heterocycles. The number of para-hydroxylation sites is 1. The van der Waals surface area contributed by atoms with Gasteiger partial charge in [0.25, 0.3) is 0 Å². The average Bonchev–Trinajstić information content (AvgIpc) is 2.71. The first-order valence-electron chi connectivity index (χ1n) is 8.43. The molecule has 1 aliphatic rings. The van der Waals surface area contributed by atoms with E-state index in [-0.39, 0.29) is 23.5 Å². The molecule has 0 unspecified atom stereocenters. The maximum Gasteiger partial charge on any atom is 0.573 e. The Morgan fingerprint density at radius 3 is 2.57 bits per heavy atom. The van der Waals surface area contributed by atoms with E-state index < -0.39 is 12.3 Å². The fourth-order valence-corrected chi connectivity index (χ4v) is 3.90. The molecule has 3 rings (SSSR count). The number of alkyl halides is 3. The molecular weight excluding hydrogens is 393 g/mol. The highest BCUT2D eigenvalue weighted by Crippen LogP contribution is 2.37. The number of hydrogen-bond acceptors (Lipinski definition) is 4. The van der Waals surface area contributed by atoms with Crippen molar-refractivity contribution in [3.05, 3.63) is 48.5 Å². The van der Waals surface area contributed by atoms with Crippen molar-refractivity contribution < 1.29 is 27.5 Å². The van der Waals surface area contributed by atoms with Crippen LogP contribution >= 0.6 is 11.8 Å². The molecule has 1 atom stereocenters. The van der Waals surface area contributed by atoms with Crippen molar-refractivity contribution >= 4 is 35.0 Å². The van der Waals surface area contributed by atoms with Crippen LogP contribution in [0.15, 0.2) is 53.4 Å². The number of nitrogens with one attached hydrogen (secondary N) is 1. The zero-order chi connectivity index (χ0) is 20.3. The van der Waals surface area contributed by atoms with Gasteiger partial charge in [-0.3, -0.25) is 9.59 Å². The third-order valence-corrected chi connectivity index (χ3v) is 5.09. The van der Waals surface area contributed by atoms with Gasteiger partial charge < -0.3 is 15.0 Å². The van der Waals surface area contributed by atoms with E-state index in [0.717, 1.165) is 17.0 Å². The molecular formula is C19H17F3N2O3S. The van der Waals surface area contributed by atoms with Crippen LogP contribution in [0, 0.1) is 0 Å². The van der Waals surface area contributed by atoms with E-state index in [0.29, 0.717) is 17.8 Å². The lowest BCUT2D eigenvalue weighted by molar-refractivity contribution is -0.274. The summed E-state index contributed by atoms with van der Waals surface area (Å²) in [5.74, 6) is -0.991. The first-order chi connectivity index (χ1) is 13.2. The SMILES string of the molecule is C[C@H]1CC(=O)N(CC(=O)Nc2ccc(OC(F)(F)F)cc2)c2ccccc2S1. The van der Waals surface area contributed by atoms with E-state index in [9.17, 15) is 22.8 Å². The lowest BCUT2D eigenvalue weighted by Gasteiger charge is -2.22. The molecule has 0 saturated heterocycles. The maximum absolute atomic E-state index is 12.6. The van der Waals surface area contributed by atoms with Gasteiger partial charge in [-0.1, -0.05) is 19.1 Å². The molecule has 1 N–H and O–H groups in total. The van der Waals surface area contributed by atoms with Gasteiger partial charge in [0, 0.05) is 22.3 Å². The maximum atomic E-state index is 12.6. The topological polar surface area (TPSA) is 58.6 Å². The predicted molar refractivity (Wildman–Crippen MR) is 100 cm³/mol. The molecule has 2 aromatic carbocycles. The Balaban J connectivity index is 1.69. The van der Waals surface area contributed by atoms with Crippen molar-refractivity contribution in [3.63, 3.8) is 0 Å². The standard InChI is InChI=1S/C19H17F3N2O3S/c1-12-10-18(26)24(15-4-2-3-5-16(15)28-12)11-17(25)23-13-6-8-14(9-7-13)27-19(20,21)22/h2-9,12H,10-11H2,1H3,(H,23,25)/t12-/m0/s1. The smallest absolute Gasteiger partial charge is 0.406 e. The number of rotatable bonds is 4. The number of anilines is 2. The molecule has 0 spiro atoms. The van der Waals surface area contributed by atoms with Crippen LogP contribution in [0.5, 0.6) is 5.75 Å². The van der Waals surface area contributed by atoms with Crippen LogP contribution in [0.1, 0.15) is 13.3 Å². The van der Waals surface area contributed by atoms with Crippen molar-refractivity contribution in [1.82, 2.24) is 0 Å². The first kappa shape index (κ1) is 20.1. The second-order valence-electron chi connectivity index (χ2n) is 6.20. The lowest BCUT2D eigenvalue weighted by atomic mass is 10.2. The molecule has 2 aromatic rings. The number of halogens is 3. The van der Waals surface area contributed by atoms with Gasteiger partial charge in [0.1, 0.15) is 12.3 Å². The minimum atomic E-state index is -4.78. The van der Waals surface area contributed by atoms with E-state index >= 15 is 0 Å². The number of amides is 2. The summed E-state index contributed by atoms with van der Waals surface area (Å²) >= 11 is 1.58. The van der Waals surface area contributed by atoms with Crippen LogP contribution < -0.4 is 15.0 Å². The lowest BCUT2D eigenvalue weighted by Crippen LogP contribution is -2.38. The molecule has 0 fully saturated rings. The largest absolute Gasteiger partial charge is 0.573 e. The summed E-state index contributed by atoms with van der Waals surface area (Å²) in [6.45, 7) is 1.76. The number of carbonyl (C=O) groups excluding carboxylic acids is 2. The second kappa shape index (κ2) is 8.14. The van der Waals surface area contributed by atoms with Gasteiger partial charge in [0.15, 0.2) is 0 Å². The normalized spacial score (nSPS) is 16.9. The molecule has 0 bridgehead atoms. The van der Waals surface area contributed by atoms with E-state index in [1.54, 1.807) is 23.9 Å². The van der Waals surface area contributed by atoms with Crippen LogP contribution in [-0.4, -0.2) is 30.0 Å². The Labute approximate surface area is 163 Å². The number of thioether (sulfide) groups is 1. The molecule has 1 aliphatic heterocycles. The minimum absolute atomic E-state index is 0.0860. The minimum Gasteiger partial charge on any atom is -0.406 e. The van der Waals surface area contributed by atoms with E-state index in [2.05, 4.69) is 10.1 Å². The summed E-state index contributed by atoms with van der Waals surface area (Å²) in [6, 6.07) is 12.2. The van der Waals surface area contributed by atoms with Crippen LogP contribution in [0.4, 0.5) is 24.5 Å². The Hall–Kier alpha value is -2.68. The number of fused-ring (bicyclic) bond motifs is 1. The highest BCUT2D eigenvalue weighted by Gasteiger charge is 2.31. The molecule has 0 radical (unpaired) electrons. The number of benzene rings is 2. The van der Waals surface area contributed by atoms with Gasteiger partial charge in [0.05, 0.1) is 5.69 Å². The van der Waals surface area contributed by atoms with E-state index in [1.807, 2.05) is 19.1 Å². The summed E-state index contributed by atoms with van der Waals surface area (Å²) < 4.78 is 40.4. The molecule has 9 heteroatoms. The monoisotopic (exact) mass is 410 g/mol. The molecule has 0 aliphatic carbocycles. The number of carbonyl (C=O) groups is 2. The summed E-state index contributed by atoms with van der Waals surface area (Å²) in [4.78, 5) is 27.3. The third kappa shape index (κ3) is 5.19. The fraction of sp³-hybridized carbons (Fsp3) is 0.263. The molecule has 28 heavy (non-hydrogen) atoms. The van der Waals surface area contributed by atoms with E-state index in [4.69, 9.17) is 0 Å². The third-order valence-electron chi connectivity index (χ3n) is 3.92. The highest BCUT2D eigenvalue weighted by molar-refractivity contribution is 8.00. The van der Waals surface area contributed by atoms with Gasteiger partial charge in [-0.15, -0.1) is 24.9 Å². The molecule has 0 saturated carbocycles. The molecule has 148 valence electrons. The number of ether oxygens (including phenoxy) is 1. The fourth-order valence-electron chi connectivity index (χ4n) is 2.79. The summed E-state index contributed by atoms with van der Waals surface area (Å²) in [5.41, 5.74) is 0.976. The average molecular weight is 410 g/mol. The quantitative estimate of drug-likeness (QED) is 0.810. The molecule has 2 amide bonds. The number of hydrogen-bond donors (Lipinski definition) is 1. The van der Waals surface area contributed by atoms with Crippen LogP contribution in [0.25, 0.3) is 0 Å². The van der Waals surface area contributed by atoms with Gasteiger partial charge in [-0.05, 0) is 36.4 Å². The van der Waals surface area contributed by atoms with Crippen molar-refractivity contribution in [1.29, 1.82) is 0 Å². The van der Waals surface area contributed by atoms with Crippen molar-refractivity contribution in [2.45, 2.75) is 29.9 Å². The van der Waals surface area contributed by atoms with Crippen molar-refractivity contribution in [2.24, 2.45) is 0 Å². The molecule has 1 heterocycles. The van der Waals surface area contributed by atoms with Crippen molar-refractivity contribution in [2.75, 3.05) is 16.8 Å². The van der Waals surface area contributed by atoms with Gasteiger partial charge >= 0.3 is 6.36 Å². The van der Waals surface area contributed by atoms with Crippen LogP contribution in [0.2, 0.25) is 0 Å². The first-order valence-corrected chi connectivity index (χ1v) is 9.31. The summed E-state index contributed by atoms with van der Waals surface area (Å²) in [5, 5.41) is 2.67. The van der Waals surface area contributed by atoms with Crippen LogP contribution in [-0.2, 0) is 9.59 Å². The molecule has 5 nitrogen and oxygen atoms in total. The Kier molecular flexibility index (Phi) is 5.83.